The SMILES string of the molecule is CNCCS(=O)(=O)c1cn(C)c2ccccc12. The maximum atomic E-state index is 12.2. The van der Waals surface area contributed by atoms with Crippen molar-refractivity contribution in [2.24, 2.45) is 7.05 Å². The van der Waals surface area contributed by atoms with Gasteiger partial charge >= 0.3 is 0 Å². The van der Waals surface area contributed by atoms with Gasteiger partial charge in [0.05, 0.1) is 10.6 Å². The molecular weight excluding hydrogens is 236 g/mol. The Morgan fingerprint density at radius 2 is 2.00 bits per heavy atom. The van der Waals surface area contributed by atoms with Gasteiger partial charge in [-0.3, -0.25) is 0 Å². The van der Waals surface area contributed by atoms with Crippen molar-refractivity contribution >= 4 is 20.7 Å². The number of aryl methyl sites for hydroxylation is 1. The van der Waals surface area contributed by atoms with Crippen LogP contribution in [0.5, 0.6) is 0 Å². The van der Waals surface area contributed by atoms with Crippen LogP contribution in [0.2, 0.25) is 0 Å². The third-order valence-electron chi connectivity index (χ3n) is 2.82. The topological polar surface area (TPSA) is 51.1 Å². The second-order valence-electron chi connectivity index (χ2n) is 4.04. The van der Waals surface area contributed by atoms with Crippen LogP contribution in [0.25, 0.3) is 10.9 Å². The summed E-state index contributed by atoms with van der Waals surface area (Å²) in [5, 5.41) is 3.66. The maximum absolute atomic E-state index is 12.2. The minimum Gasteiger partial charge on any atom is -0.349 e. The highest BCUT2D eigenvalue weighted by Gasteiger charge is 2.19. The molecule has 0 radical (unpaired) electrons. The first kappa shape index (κ1) is 12.1. The van der Waals surface area contributed by atoms with Crippen molar-refractivity contribution in [3.8, 4) is 0 Å². The fourth-order valence-corrected chi connectivity index (χ4v) is 3.42. The van der Waals surface area contributed by atoms with Crippen LogP contribution in [0.3, 0.4) is 0 Å². The van der Waals surface area contributed by atoms with E-state index in [0.29, 0.717) is 11.4 Å². The number of hydrogen-bond acceptors (Lipinski definition) is 3. The molecule has 0 fully saturated rings. The Morgan fingerprint density at radius 3 is 2.71 bits per heavy atom. The van der Waals surface area contributed by atoms with E-state index >= 15 is 0 Å². The van der Waals surface area contributed by atoms with Crippen molar-refractivity contribution in [2.75, 3.05) is 19.3 Å². The summed E-state index contributed by atoms with van der Waals surface area (Å²) >= 11 is 0. The third-order valence-corrected chi connectivity index (χ3v) is 4.55. The minimum atomic E-state index is -3.21. The molecule has 1 aromatic carbocycles. The Balaban J connectivity index is 2.56. The largest absolute Gasteiger partial charge is 0.349 e. The lowest BCUT2D eigenvalue weighted by molar-refractivity contribution is 0.594. The van der Waals surface area contributed by atoms with Crippen molar-refractivity contribution in [1.82, 2.24) is 9.88 Å². The maximum Gasteiger partial charge on any atom is 0.181 e. The third kappa shape index (κ3) is 2.21. The Bertz CT molecular complexity index is 629. The fraction of sp³-hybridized carbons (Fsp3) is 0.333. The van der Waals surface area contributed by atoms with Crippen molar-refractivity contribution in [3.63, 3.8) is 0 Å². The molecule has 0 aliphatic carbocycles. The van der Waals surface area contributed by atoms with E-state index < -0.39 is 9.84 Å². The molecule has 4 nitrogen and oxygen atoms in total. The van der Waals surface area contributed by atoms with Gasteiger partial charge in [0, 0.05) is 30.7 Å². The molecule has 2 aromatic rings. The highest BCUT2D eigenvalue weighted by atomic mass is 32.2. The van der Waals surface area contributed by atoms with Gasteiger partial charge < -0.3 is 9.88 Å². The average molecular weight is 252 g/mol. The molecule has 0 amide bonds. The Labute approximate surface area is 101 Å². The summed E-state index contributed by atoms with van der Waals surface area (Å²) in [6, 6.07) is 7.54. The van der Waals surface area contributed by atoms with Crippen LogP contribution in [-0.2, 0) is 16.9 Å². The lowest BCUT2D eigenvalue weighted by atomic mass is 10.2. The van der Waals surface area contributed by atoms with Gasteiger partial charge in [-0.1, -0.05) is 18.2 Å². The molecule has 5 heteroatoms. The lowest BCUT2D eigenvalue weighted by Crippen LogP contribution is -2.19. The van der Waals surface area contributed by atoms with Crippen LogP contribution in [0.15, 0.2) is 35.4 Å². The van der Waals surface area contributed by atoms with Crippen LogP contribution in [0.1, 0.15) is 0 Å². The fourth-order valence-electron chi connectivity index (χ4n) is 1.90. The van der Waals surface area contributed by atoms with Gasteiger partial charge in [0.15, 0.2) is 9.84 Å². The van der Waals surface area contributed by atoms with Gasteiger partial charge in [0.1, 0.15) is 0 Å². The Kier molecular flexibility index (Phi) is 3.22. The molecule has 0 saturated heterocycles. The predicted molar refractivity (Wildman–Crippen MR) is 68.9 cm³/mol. The van der Waals surface area contributed by atoms with Crippen LogP contribution < -0.4 is 5.32 Å². The summed E-state index contributed by atoms with van der Waals surface area (Å²) in [5.41, 5.74) is 0.940. The number of benzene rings is 1. The number of nitrogens with one attached hydrogen (secondary N) is 1. The summed E-state index contributed by atoms with van der Waals surface area (Å²) in [4.78, 5) is 0.422. The number of nitrogens with zero attached hydrogens (tertiary/aromatic N) is 1. The molecule has 92 valence electrons. The molecule has 1 aromatic heterocycles. The number of fused-ring (bicyclic) bond motifs is 1. The predicted octanol–water partition coefficient (Wildman–Crippen LogP) is 1.17. The van der Waals surface area contributed by atoms with Crippen LogP contribution in [0.4, 0.5) is 0 Å². The molecule has 0 bridgehead atoms. The van der Waals surface area contributed by atoms with E-state index in [0.717, 1.165) is 10.9 Å². The molecular formula is C12H16N2O2S. The molecule has 0 aliphatic rings. The van der Waals surface area contributed by atoms with Gasteiger partial charge in [-0.05, 0) is 13.1 Å². The van der Waals surface area contributed by atoms with E-state index in [1.54, 1.807) is 13.2 Å². The quantitative estimate of drug-likeness (QED) is 0.888. The molecule has 2 rings (SSSR count). The zero-order valence-electron chi connectivity index (χ0n) is 9.97. The van der Waals surface area contributed by atoms with Crippen LogP contribution >= 0.6 is 0 Å². The van der Waals surface area contributed by atoms with E-state index in [1.807, 2.05) is 35.9 Å². The average Bonchev–Trinajstić information content (AvgIpc) is 2.66. The number of hydrogen-bond donors (Lipinski definition) is 1. The van der Waals surface area contributed by atoms with Crippen LogP contribution in [-0.4, -0.2) is 32.3 Å². The molecule has 0 aliphatic heterocycles. The number of para-hydroxylation sites is 1. The van der Waals surface area contributed by atoms with Gasteiger partial charge in [-0.2, -0.15) is 0 Å². The molecule has 1 N–H and O–H groups in total. The molecule has 1 heterocycles. The molecule has 0 atom stereocenters. The monoisotopic (exact) mass is 252 g/mol. The normalized spacial score (nSPS) is 12.1. The number of sulfone groups is 1. The van der Waals surface area contributed by atoms with E-state index in [-0.39, 0.29) is 5.75 Å². The van der Waals surface area contributed by atoms with E-state index in [2.05, 4.69) is 5.32 Å². The molecule has 0 unspecified atom stereocenters. The summed E-state index contributed by atoms with van der Waals surface area (Å²) in [6.07, 6.45) is 1.69. The molecule has 0 spiro atoms. The van der Waals surface area contributed by atoms with Crippen molar-refractivity contribution in [2.45, 2.75) is 4.90 Å². The first-order valence-corrected chi connectivity index (χ1v) is 7.13. The second-order valence-corrected chi connectivity index (χ2v) is 6.12. The van der Waals surface area contributed by atoms with Gasteiger partial charge in [-0.15, -0.1) is 0 Å². The smallest absolute Gasteiger partial charge is 0.181 e. The molecule has 17 heavy (non-hydrogen) atoms. The second kappa shape index (κ2) is 4.50. The van der Waals surface area contributed by atoms with Gasteiger partial charge in [-0.25, -0.2) is 8.42 Å². The highest BCUT2D eigenvalue weighted by molar-refractivity contribution is 7.91. The summed E-state index contributed by atoms with van der Waals surface area (Å²) < 4.78 is 26.2. The van der Waals surface area contributed by atoms with Crippen molar-refractivity contribution < 1.29 is 8.42 Å². The number of aromatic nitrogens is 1. The van der Waals surface area contributed by atoms with E-state index in [1.165, 1.54) is 0 Å². The summed E-state index contributed by atoms with van der Waals surface area (Å²) in [6.45, 7) is 0.464. The summed E-state index contributed by atoms with van der Waals surface area (Å²) in [7, 11) is 0.398. The van der Waals surface area contributed by atoms with E-state index in [4.69, 9.17) is 0 Å². The Morgan fingerprint density at radius 1 is 1.29 bits per heavy atom. The van der Waals surface area contributed by atoms with E-state index in [9.17, 15) is 8.42 Å². The highest BCUT2D eigenvalue weighted by Crippen LogP contribution is 2.25. The zero-order chi connectivity index (χ0) is 12.5. The van der Waals surface area contributed by atoms with Crippen molar-refractivity contribution in [1.29, 1.82) is 0 Å². The van der Waals surface area contributed by atoms with Gasteiger partial charge in [0.2, 0.25) is 0 Å². The Hall–Kier alpha value is -1.33. The van der Waals surface area contributed by atoms with Gasteiger partial charge in [0.25, 0.3) is 0 Å². The summed E-state index contributed by atoms with van der Waals surface area (Å²) in [5.74, 6) is 0.123. The standard InChI is InChI=1S/C12H16N2O2S/c1-13-7-8-17(15,16)12-9-14(2)11-6-4-3-5-10(11)12/h3-6,9,13H,7-8H2,1-2H3. The lowest BCUT2D eigenvalue weighted by Gasteiger charge is -2.01. The minimum absolute atomic E-state index is 0.123. The van der Waals surface area contributed by atoms with Crippen LogP contribution in [0, 0.1) is 0 Å². The van der Waals surface area contributed by atoms with Crippen molar-refractivity contribution in [3.05, 3.63) is 30.5 Å². The number of rotatable bonds is 4. The molecule has 0 saturated carbocycles. The zero-order valence-corrected chi connectivity index (χ0v) is 10.8. The first-order chi connectivity index (χ1) is 8.06. The first-order valence-electron chi connectivity index (χ1n) is 5.47.